The Balaban J connectivity index is 3.20. The van der Waals surface area contributed by atoms with Gasteiger partial charge in [-0.15, -0.1) is 0 Å². The lowest BCUT2D eigenvalue weighted by atomic mass is 10.0. The summed E-state index contributed by atoms with van der Waals surface area (Å²) in [5.41, 5.74) is -0.379. The van der Waals surface area contributed by atoms with Crippen LogP contribution >= 0.6 is 15.9 Å². The Morgan fingerprint density at radius 2 is 0.725 bits per heavy atom. The molecule has 0 aliphatic rings. The van der Waals surface area contributed by atoms with E-state index in [9.17, 15) is 14.4 Å². The number of nitrogens with one attached hydrogen (secondary N) is 2. The van der Waals surface area contributed by atoms with Crippen LogP contribution in [0.4, 0.5) is 0 Å². The van der Waals surface area contributed by atoms with Crippen LogP contribution in [-0.2, 0) is 47.5 Å². The molecule has 0 rings (SSSR count). The number of unbranched alkanes of at least 4 members (excludes halogenated alkanes) is 13. The monoisotopic (exact) mass is 796 g/mol. The fourth-order valence-corrected chi connectivity index (χ4v) is 5.13. The molecule has 13 heteroatoms. The zero-order valence-electron chi connectivity index (χ0n) is 32.4. The molecule has 12 nitrogen and oxygen atoms in total. The van der Waals surface area contributed by atoms with E-state index in [1.165, 1.54) is 64.2 Å². The summed E-state index contributed by atoms with van der Waals surface area (Å²) >= 11 is 3.08. The lowest BCUT2D eigenvalue weighted by Crippen LogP contribution is -2.28. The number of ether oxygens (including phenoxy) is 7. The average molecular weight is 798 g/mol. The number of rotatable bonds is 39. The fraction of sp³-hybridized carbons (Fsp3) is 0.921. The van der Waals surface area contributed by atoms with Crippen LogP contribution in [0.3, 0.4) is 0 Å². The third-order valence-electron chi connectivity index (χ3n) is 7.57. The fourth-order valence-electron chi connectivity index (χ4n) is 4.93. The first kappa shape index (κ1) is 49.6. The molecular formula is C38H73BrN2O10. The molecule has 0 fully saturated rings. The molecule has 0 saturated heterocycles. The highest BCUT2D eigenvalue weighted by Crippen LogP contribution is 2.15. The van der Waals surface area contributed by atoms with E-state index in [4.69, 9.17) is 33.2 Å². The van der Waals surface area contributed by atoms with Gasteiger partial charge in [-0.1, -0.05) is 93.0 Å². The predicted octanol–water partition coefficient (Wildman–Crippen LogP) is 6.30. The van der Waals surface area contributed by atoms with Crippen LogP contribution in [0.2, 0.25) is 0 Å². The molecule has 2 N–H and O–H groups in total. The van der Waals surface area contributed by atoms with Crippen molar-refractivity contribution >= 4 is 33.7 Å². The maximum absolute atomic E-state index is 12.0. The molecule has 0 heterocycles. The Kier molecular flexibility index (Phi) is 37.4. The van der Waals surface area contributed by atoms with Crippen molar-refractivity contribution in [3.63, 3.8) is 0 Å². The summed E-state index contributed by atoms with van der Waals surface area (Å²) in [5.74, 6) is -0.0332. The summed E-state index contributed by atoms with van der Waals surface area (Å²) in [6.45, 7) is 12.6. The van der Waals surface area contributed by atoms with Gasteiger partial charge in [0.2, 0.25) is 11.8 Å². The first-order valence-corrected chi connectivity index (χ1v) is 20.6. The Labute approximate surface area is 317 Å². The Morgan fingerprint density at radius 1 is 0.431 bits per heavy atom. The van der Waals surface area contributed by atoms with E-state index in [2.05, 4.69) is 26.6 Å². The van der Waals surface area contributed by atoms with Gasteiger partial charge in [-0.05, 0) is 33.6 Å². The maximum Gasteiger partial charge on any atom is 0.306 e. The first-order valence-electron chi connectivity index (χ1n) is 19.5. The molecule has 0 radical (unpaired) electrons. The van der Waals surface area contributed by atoms with Crippen LogP contribution < -0.4 is 10.6 Å². The van der Waals surface area contributed by atoms with Gasteiger partial charge in [0.25, 0.3) is 0 Å². The molecule has 0 bridgehead atoms. The molecule has 0 aromatic heterocycles. The molecule has 0 aliphatic carbocycles. The van der Waals surface area contributed by atoms with Gasteiger partial charge >= 0.3 is 5.97 Å². The average Bonchev–Trinajstić information content (AvgIpc) is 3.09. The predicted molar refractivity (Wildman–Crippen MR) is 204 cm³/mol. The van der Waals surface area contributed by atoms with E-state index in [-0.39, 0.29) is 23.4 Å². The second-order valence-electron chi connectivity index (χ2n) is 13.5. The first-order chi connectivity index (χ1) is 24.7. The summed E-state index contributed by atoms with van der Waals surface area (Å²) in [6, 6.07) is 0. The van der Waals surface area contributed by atoms with Crippen molar-refractivity contribution in [2.75, 3.05) is 97.7 Å². The minimum Gasteiger partial charge on any atom is -0.460 e. The molecule has 2 amide bonds. The number of hydrogen-bond donors (Lipinski definition) is 2. The number of hydrogen-bond acceptors (Lipinski definition) is 10. The van der Waals surface area contributed by atoms with E-state index in [1.807, 2.05) is 20.8 Å². The van der Waals surface area contributed by atoms with E-state index in [0.717, 1.165) is 25.7 Å². The van der Waals surface area contributed by atoms with E-state index >= 15 is 0 Å². The quantitative estimate of drug-likeness (QED) is 0.0414. The lowest BCUT2D eigenvalue weighted by Gasteiger charge is -2.19. The molecular weight excluding hydrogens is 724 g/mol. The van der Waals surface area contributed by atoms with Crippen LogP contribution in [-0.4, -0.2) is 121 Å². The topological polar surface area (TPSA) is 140 Å². The highest BCUT2D eigenvalue weighted by atomic mass is 79.9. The van der Waals surface area contributed by atoms with E-state index in [0.29, 0.717) is 111 Å². The Morgan fingerprint density at radius 3 is 1.06 bits per heavy atom. The van der Waals surface area contributed by atoms with Gasteiger partial charge in [-0.3, -0.25) is 14.4 Å². The molecule has 0 aromatic rings. The SMILES string of the molecule is CC(C)(C)OC(=O)CCCCCCCCCCCCCCCCC(=O)NCCOCCOCCOCCOCCOCCOCCNC(=O)CBr. The van der Waals surface area contributed by atoms with Crippen molar-refractivity contribution in [3.8, 4) is 0 Å². The van der Waals surface area contributed by atoms with Crippen molar-refractivity contribution in [3.05, 3.63) is 0 Å². The molecule has 0 aliphatic heterocycles. The summed E-state index contributed by atoms with van der Waals surface area (Å²) in [6.07, 6.45) is 18.0. The lowest BCUT2D eigenvalue weighted by molar-refractivity contribution is -0.155. The van der Waals surface area contributed by atoms with Crippen molar-refractivity contribution in [1.82, 2.24) is 10.6 Å². The van der Waals surface area contributed by atoms with Crippen LogP contribution in [0.25, 0.3) is 0 Å². The van der Waals surface area contributed by atoms with Gasteiger partial charge in [0.15, 0.2) is 0 Å². The Hall–Kier alpha value is -1.35. The number of esters is 1. The molecule has 51 heavy (non-hydrogen) atoms. The van der Waals surface area contributed by atoms with E-state index in [1.54, 1.807) is 0 Å². The molecule has 0 atom stereocenters. The number of carbonyl (C=O) groups excluding carboxylic acids is 3. The minimum absolute atomic E-state index is 0.0570. The van der Waals surface area contributed by atoms with Crippen molar-refractivity contribution in [2.45, 2.75) is 129 Å². The van der Waals surface area contributed by atoms with Gasteiger partial charge in [-0.25, -0.2) is 0 Å². The van der Waals surface area contributed by atoms with Crippen LogP contribution in [0.1, 0.15) is 124 Å². The molecule has 0 aromatic carbocycles. The summed E-state index contributed by atoms with van der Waals surface area (Å²) in [4.78, 5) is 34.8. The maximum atomic E-state index is 12.0. The van der Waals surface area contributed by atoms with Crippen molar-refractivity contribution in [2.24, 2.45) is 0 Å². The normalized spacial score (nSPS) is 11.5. The largest absolute Gasteiger partial charge is 0.460 e. The number of amides is 2. The molecule has 0 unspecified atom stereocenters. The smallest absolute Gasteiger partial charge is 0.306 e. The molecule has 0 spiro atoms. The van der Waals surface area contributed by atoms with Gasteiger partial charge in [0.1, 0.15) is 5.60 Å². The van der Waals surface area contributed by atoms with Crippen molar-refractivity contribution < 1.29 is 47.5 Å². The van der Waals surface area contributed by atoms with Crippen LogP contribution in [0, 0.1) is 0 Å². The molecule has 0 saturated carbocycles. The number of halogens is 1. The summed E-state index contributed by atoms with van der Waals surface area (Å²) in [5, 5.41) is 5.92. The highest BCUT2D eigenvalue weighted by Gasteiger charge is 2.15. The summed E-state index contributed by atoms with van der Waals surface area (Å²) in [7, 11) is 0. The second kappa shape index (κ2) is 38.4. The molecule has 302 valence electrons. The standard InChI is InChI=1S/C38H73BrN2O10/c1-38(2,3)51-37(44)19-17-15-13-11-9-7-5-4-6-8-10-12-14-16-18-35(42)40-20-22-45-24-26-47-28-30-49-32-33-50-31-29-48-27-25-46-23-21-41-36(43)34-39/h4-34H2,1-3H3,(H,40,42)(H,41,43). The second-order valence-corrected chi connectivity index (χ2v) is 14.1. The third kappa shape index (κ3) is 42.9. The van der Waals surface area contributed by atoms with Gasteiger partial charge in [-0.2, -0.15) is 0 Å². The van der Waals surface area contributed by atoms with Gasteiger partial charge in [0.05, 0.1) is 84.6 Å². The van der Waals surface area contributed by atoms with E-state index < -0.39 is 0 Å². The number of carbonyl (C=O) groups is 3. The summed E-state index contributed by atoms with van der Waals surface area (Å²) < 4.78 is 38.1. The minimum atomic E-state index is -0.379. The third-order valence-corrected chi connectivity index (χ3v) is 8.08. The zero-order chi connectivity index (χ0) is 37.5. The zero-order valence-corrected chi connectivity index (χ0v) is 34.0. The van der Waals surface area contributed by atoms with Crippen LogP contribution in [0.15, 0.2) is 0 Å². The number of alkyl halides is 1. The van der Waals surface area contributed by atoms with Gasteiger partial charge < -0.3 is 43.8 Å². The highest BCUT2D eigenvalue weighted by molar-refractivity contribution is 9.09. The van der Waals surface area contributed by atoms with Crippen molar-refractivity contribution in [1.29, 1.82) is 0 Å². The van der Waals surface area contributed by atoms with Crippen LogP contribution in [0.5, 0.6) is 0 Å². The van der Waals surface area contributed by atoms with Gasteiger partial charge in [0, 0.05) is 25.9 Å². The Bertz CT molecular complexity index is 801.